The van der Waals surface area contributed by atoms with E-state index in [9.17, 15) is 4.79 Å². The summed E-state index contributed by atoms with van der Waals surface area (Å²) in [4.78, 5) is 17.6. The number of carbonyl (C=O) groups is 1. The van der Waals surface area contributed by atoms with Crippen LogP contribution in [0.5, 0.6) is 0 Å². The van der Waals surface area contributed by atoms with Crippen LogP contribution < -0.4 is 16.0 Å². The van der Waals surface area contributed by atoms with E-state index >= 15 is 0 Å². The molecule has 0 aliphatic carbocycles. The summed E-state index contributed by atoms with van der Waals surface area (Å²) in [5.41, 5.74) is 7.31. The molecule has 1 amide bonds. The van der Waals surface area contributed by atoms with Crippen LogP contribution in [0, 0.1) is 6.92 Å². The fourth-order valence-electron chi connectivity index (χ4n) is 2.11. The average molecular weight is 234 g/mol. The van der Waals surface area contributed by atoms with Gasteiger partial charge in [-0.15, -0.1) is 0 Å². The first-order valence-corrected chi connectivity index (χ1v) is 5.81. The van der Waals surface area contributed by atoms with E-state index in [0.717, 1.165) is 31.0 Å². The molecule has 2 rings (SSSR count). The summed E-state index contributed by atoms with van der Waals surface area (Å²) in [6.45, 7) is 5.19. The minimum absolute atomic E-state index is 0.0262. The Kier molecular flexibility index (Phi) is 3.17. The second kappa shape index (κ2) is 4.61. The number of nitrogens with one attached hydrogen (secondary N) is 1. The Morgan fingerprint density at radius 3 is 3.00 bits per heavy atom. The molecular formula is C12H18N4O. The van der Waals surface area contributed by atoms with Gasteiger partial charge in [0.1, 0.15) is 5.82 Å². The van der Waals surface area contributed by atoms with Gasteiger partial charge in [0.15, 0.2) is 0 Å². The van der Waals surface area contributed by atoms with Crippen LogP contribution >= 0.6 is 0 Å². The lowest BCUT2D eigenvalue weighted by atomic mass is 10.2. The quantitative estimate of drug-likeness (QED) is 0.789. The van der Waals surface area contributed by atoms with Gasteiger partial charge in [-0.25, -0.2) is 4.98 Å². The molecule has 1 fully saturated rings. The van der Waals surface area contributed by atoms with Gasteiger partial charge < -0.3 is 16.0 Å². The molecule has 0 aromatic carbocycles. The molecule has 5 heteroatoms. The topological polar surface area (TPSA) is 71.2 Å². The highest BCUT2D eigenvalue weighted by molar-refractivity contribution is 5.73. The van der Waals surface area contributed by atoms with Crippen molar-refractivity contribution in [1.82, 2.24) is 10.3 Å². The monoisotopic (exact) mass is 234 g/mol. The third kappa shape index (κ3) is 2.67. The molecule has 0 radical (unpaired) electrons. The van der Waals surface area contributed by atoms with E-state index in [1.807, 2.05) is 19.1 Å². The molecule has 0 saturated carbocycles. The number of hydrogen-bond acceptors (Lipinski definition) is 4. The molecule has 1 aromatic rings. The van der Waals surface area contributed by atoms with Crippen molar-refractivity contribution in [3.63, 3.8) is 0 Å². The zero-order valence-electron chi connectivity index (χ0n) is 10.2. The third-order valence-corrected chi connectivity index (χ3v) is 3.03. The van der Waals surface area contributed by atoms with Gasteiger partial charge in [0, 0.05) is 26.1 Å². The van der Waals surface area contributed by atoms with E-state index in [0.29, 0.717) is 5.69 Å². The minimum Gasteiger partial charge on any atom is -0.397 e. The Morgan fingerprint density at radius 1 is 1.59 bits per heavy atom. The Hall–Kier alpha value is -1.78. The molecule has 1 aromatic heterocycles. The van der Waals surface area contributed by atoms with Crippen LogP contribution in [-0.2, 0) is 4.79 Å². The molecule has 5 nitrogen and oxygen atoms in total. The molecule has 1 atom stereocenters. The number of nitrogens with two attached hydrogens (primary N) is 1. The Bertz CT molecular complexity index is 433. The van der Waals surface area contributed by atoms with Crippen molar-refractivity contribution in [1.29, 1.82) is 0 Å². The van der Waals surface area contributed by atoms with E-state index in [2.05, 4.69) is 15.2 Å². The normalized spacial score (nSPS) is 19.4. The van der Waals surface area contributed by atoms with Gasteiger partial charge in [0.05, 0.1) is 11.4 Å². The average Bonchev–Trinajstić information content (AvgIpc) is 2.69. The molecular weight excluding hydrogens is 216 g/mol. The summed E-state index contributed by atoms with van der Waals surface area (Å²) in [6.07, 6.45) is 0.963. The second-order valence-electron chi connectivity index (χ2n) is 4.48. The molecule has 0 bridgehead atoms. The molecule has 3 N–H and O–H groups in total. The number of hydrogen-bond donors (Lipinski definition) is 2. The van der Waals surface area contributed by atoms with Gasteiger partial charge in [0.25, 0.3) is 0 Å². The molecule has 17 heavy (non-hydrogen) atoms. The van der Waals surface area contributed by atoms with Crippen molar-refractivity contribution in [3.8, 4) is 0 Å². The van der Waals surface area contributed by atoms with E-state index in [1.54, 1.807) is 6.92 Å². The van der Waals surface area contributed by atoms with Crippen LogP contribution in [-0.4, -0.2) is 30.0 Å². The summed E-state index contributed by atoms with van der Waals surface area (Å²) in [5, 5.41) is 2.93. The second-order valence-corrected chi connectivity index (χ2v) is 4.48. The minimum atomic E-state index is 0.0262. The lowest BCUT2D eigenvalue weighted by Gasteiger charge is -2.18. The molecule has 2 heterocycles. The van der Waals surface area contributed by atoms with Gasteiger partial charge >= 0.3 is 0 Å². The maximum Gasteiger partial charge on any atom is 0.217 e. The summed E-state index contributed by atoms with van der Waals surface area (Å²) in [5.74, 6) is 0.961. The Labute approximate surface area is 101 Å². The van der Waals surface area contributed by atoms with Crippen molar-refractivity contribution < 1.29 is 4.79 Å². The van der Waals surface area contributed by atoms with Gasteiger partial charge in [-0.05, 0) is 25.5 Å². The highest BCUT2D eigenvalue weighted by Crippen LogP contribution is 2.20. The summed E-state index contributed by atoms with van der Waals surface area (Å²) in [7, 11) is 0. The Balaban J connectivity index is 2.04. The number of amides is 1. The smallest absolute Gasteiger partial charge is 0.217 e. The number of aromatic nitrogens is 1. The summed E-state index contributed by atoms with van der Waals surface area (Å²) in [6, 6.07) is 4.04. The number of carbonyl (C=O) groups excluding carboxylic acids is 1. The molecule has 1 saturated heterocycles. The number of pyridine rings is 1. The van der Waals surface area contributed by atoms with Gasteiger partial charge in [-0.2, -0.15) is 0 Å². The summed E-state index contributed by atoms with van der Waals surface area (Å²) >= 11 is 0. The third-order valence-electron chi connectivity index (χ3n) is 3.03. The van der Waals surface area contributed by atoms with E-state index in [-0.39, 0.29) is 11.9 Å². The maximum atomic E-state index is 11.0. The van der Waals surface area contributed by atoms with Crippen molar-refractivity contribution in [2.45, 2.75) is 26.3 Å². The van der Waals surface area contributed by atoms with Crippen LogP contribution in [0.25, 0.3) is 0 Å². The number of nitrogen functional groups attached to an aromatic ring is 1. The molecule has 0 spiro atoms. The molecule has 1 aliphatic heterocycles. The first-order chi connectivity index (χ1) is 8.06. The van der Waals surface area contributed by atoms with Crippen LogP contribution in [0.2, 0.25) is 0 Å². The van der Waals surface area contributed by atoms with E-state index < -0.39 is 0 Å². The van der Waals surface area contributed by atoms with Gasteiger partial charge in [-0.3, -0.25) is 4.79 Å². The molecule has 1 unspecified atom stereocenters. The van der Waals surface area contributed by atoms with Crippen LogP contribution in [0.4, 0.5) is 11.5 Å². The largest absolute Gasteiger partial charge is 0.397 e. The summed E-state index contributed by atoms with van der Waals surface area (Å²) < 4.78 is 0. The molecule has 1 aliphatic rings. The number of anilines is 2. The van der Waals surface area contributed by atoms with Crippen LogP contribution in [0.1, 0.15) is 19.0 Å². The highest BCUT2D eigenvalue weighted by Gasteiger charge is 2.23. The standard InChI is InChI=1S/C12H18N4O/c1-8-11(13)3-4-12(14-8)16-6-5-10(7-16)15-9(2)17/h3-4,10H,5-7,13H2,1-2H3,(H,15,17). The fraction of sp³-hybridized carbons (Fsp3) is 0.500. The number of nitrogens with zero attached hydrogens (tertiary/aromatic N) is 2. The lowest BCUT2D eigenvalue weighted by Crippen LogP contribution is -2.35. The zero-order chi connectivity index (χ0) is 12.4. The van der Waals surface area contributed by atoms with Crippen molar-refractivity contribution >= 4 is 17.4 Å². The van der Waals surface area contributed by atoms with Crippen molar-refractivity contribution in [3.05, 3.63) is 17.8 Å². The number of aryl methyl sites for hydroxylation is 1. The predicted molar refractivity (Wildman–Crippen MR) is 67.8 cm³/mol. The Morgan fingerprint density at radius 2 is 2.35 bits per heavy atom. The van der Waals surface area contributed by atoms with Crippen molar-refractivity contribution in [2.75, 3.05) is 23.7 Å². The van der Waals surface area contributed by atoms with E-state index in [4.69, 9.17) is 5.73 Å². The van der Waals surface area contributed by atoms with Gasteiger partial charge in [-0.1, -0.05) is 0 Å². The predicted octanol–water partition coefficient (Wildman–Crippen LogP) is 0.687. The SMILES string of the molecule is CC(=O)NC1CCN(c2ccc(N)c(C)n2)C1. The number of rotatable bonds is 2. The first-order valence-electron chi connectivity index (χ1n) is 5.81. The van der Waals surface area contributed by atoms with Crippen molar-refractivity contribution in [2.24, 2.45) is 0 Å². The zero-order valence-corrected chi connectivity index (χ0v) is 10.2. The first kappa shape index (κ1) is 11.7. The fourth-order valence-corrected chi connectivity index (χ4v) is 2.11. The highest BCUT2D eigenvalue weighted by atomic mass is 16.1. The van der Waals surface area contributed by atoms with Crippen LogP contribution in [0.3, 0.4) is 0 Å². The molecule has 92 valence electrons. The van der Waals surface area contributed by atoms with E-state index in [1.165, 1.54) is 0 Å². The van der Waals surface area contributed by atoms with Gasteiger partial charge in [0.2, 0.25) is 5.91 Å². The maximum absolute atomic E-state index is 11.0. The lowest BCUT2D eigenvalue weighted by molar-refractivity contribution is -0.119. The van der Waals surface area contributed by atoms with Crippen LogP contribution in [0.15, 0.2) is 12.1 Å².